The molecule has 0 unspecified atom stereocenters. The minimum Gasteiger partial charge on any atom is -0.479 e. The number of nitro groups is 1. The predicted molar refractivity (Wildman–Crippen MR) is 116 cm³/mol. The van der Waals surface area contributed by atoms with Crippen LogP contribution in [0.4, 0.5) is 5.69 Å². The second-order valence-corrected chi connectivity index (χ2v) is 8.51. The van der Waals surface area contributed by atoms with Crippen LogP contribution in [0.1, 0.15) is 29.9 Å². The van der Waals surface area contributed by atoms with Crippen molar-refractivity contribution in [3.8, 4) is 18.1 Å². The molecule has 1 N–H and O–H groups in total. The van der Waals surface area contributed by atoms with Crippen LogP contribution in [0, 0.1) is 22.5 Å². The number of nitrogens with zero attached hydrogens (tertiary/aromatic N) is 2. The summed E-state index contributed by atoms with van der Waals surface area (Å²) in [5.74, 6) is 2.00. The Morgan fingerprint density at radius 1 is 1.35 bits per heavy atom. The van der Waals surface area contributed by atoms with E-state index in [1.165, 1.54) is 0 Å². The van der Waals surface area contributed by atoms with Crippen molar-refractivity contribution in [2.75, 3.05) is 18.5 Å². The standard InChI is InChI=1S/C23H20ClN3O4/c1-2-12-31-19-10-9-14(13-16(19)24)20-18-8-5-11-26(18)23(21(20)27(29)30)15-6-3-4-7-17(15)25-22(23)28/h1,3-4,6-7,9-10,13,18,20-21H,5,8,11-12H2,(H,25,28)/t18-,20+,21+,23-/m0/s1. The molecule has 1 amide bonds. The Morgan fingerprint density at radius 2 is 2.16 bits per heavy atom. The van der Waals surface area contributed by atoms with Gasteiger partial charge >= 0.3 is 0 Å². The fraction of sp³-hybridized carbons (Fsp3) is 0.348. The van der Waals surface area contributed by atoms with E-state index in [-0.39, 0.29) is 23.5 Å². The highest BCUT2D eigenvalue weighted by molar-refractivity contribution is 6.32. The van der Waals surface area contributed by atoms with E-state index in [4.69, 9.17) is 22.8 Å². The smallest absolute Gasteiger partial charge is 0.256 e. The SMILES string of the molecule is C#CCOc1ccc([C@@H]2[C@@H]3CCCN3[C@]3(C(=O)Nc4ccccc43)[C@@H]2[N+](=O)[O-])cc1Cl. The largest absolute Gasteiger partial charge is 0.479 e. The van der Waals surface area contributed by atoms with Crippen LogP contribution in [-0.2, 0) is 10.3 Å². The third kappa shape index (κ3) is 2.68. The topological polar surface area (TPSA) is 84.7 Å². The van der Waals surface area contributed by atoms with E-state index in [1.807, 2.05) is 23.1 Å². The Hall–Kier alpha value is -3.08. The monoisotopic (exact) mass is 437 g/mol. The number of benzene rings is 2. The molecule has 5 rings (SSSR count). The number of nitrogens with one attached hydrogen (secondary N) is 1. The van der Waals surface area contributed by atoms with Crippen LogP contribution < -0.4 is 10.1 Å². The molecule has 3 heterocycles. The summed E-state index contributed by atoms with van der Waals surface area (Å²) in [6, 6.07) is 11.2. The van der Waals surface area contributed by atoms with Crippen LogP contribution in [0.3, 0.4) is 0 Å². The van der Waals surface area contributed by atoms with E-state index >= 15 is 0 Å². The highest BCUT2D eigenvalue weighted by atomic mass is 35.5. The predicted octanol–water partition coefficient (Wildman–Crippen LogP) is 3.41. The fourth-order valence-corrected chi connectivity index (χ4v) is 5.98. The van der Waals surface area contributed by atoms with Crippen LogP contribution in [0.2, 0.25) is 5.02 Å². The van der Waals surface area contributed by atoms with Gasteiger partial charge in [0.2, 0.25) is 0 Å². The molecule has 0 bridgehead atoms. The van der Waals surface area contributed by atoms with Gasteiger partial charge in [-0.1, -0.05) is 41.8 Å². The molecule has 0 saturated carbocycles. The van der Waals surface area contributed by atoms with Gasteiger partial charge in [-0.25, -0.2) is 0 Å². The zero-order chi connectivity index (χ0) is 21.8. The van der Waals surface area contributed by atoms with E-state index < -0.39 is 17.5 Å². The molecule has 1 spiro atoms. The van der Waals surface area contributed by atoms with E-state index in [9.17, 15) is 14.9 Å². The average molecular weight is 438 g/mol. The third-order valence-electron chi connectivity index (χ3n) is 6.75. The normalized spacial score (nSPS) is 28.8. The molecular formula is C23H20ClN3O4. The Morgan fingerprint density at radius 3 is 2.90 bits per heavy atom. The lowest BCUT2D eigenvalue weighted by Gasteiger charge is -2.32. The molecule has 0 aliphatic carbocycles. The first-order chi connectivity index (χ1) is 15.0. The molecular weight excluding hydrogens is 418 g/mol. The summed E-state index contributed by atoms with van der Waals surface area (Å²) in [6.07, 6.45) is 6.90. The van der Waals surface area contributed by atoms with Crippen LogP contribution in [0.5, 0.6) is 5.75 Å². The minimum absolute atomic E-state index is 0.0798. The lowest BCUT2D eigenvalue weighted by molar-refractivity contribution is -0.534. The van der Waals surface area contributed by atoms with Gasteiger partial charge in [0.15, 0.2) is 5.54 Å². The fourth-order valence-electron chi connectivity index (χ4n) is 5.74. The van der Waals surface area contributed by atoms with Gasteiger partial charge < -0.3 is 10.1 Å². The summed E-state index contributed by atoms with van der Waals surface area (Å²) < 4.78 is 5.44. The highest BCUT2D eigenvalue weighted by Gasteiger charge is 2.73. The maximum absolute atomic E-state index is 13.4. The molecule has 158 valence electrons. The van der Waals surface area contributed by atoms with Gasteiger partial charge in [0.05, 0.1) is 10.9 Å². The number of terminal acetylenes is 1. The number of halogens is 1. The van der Waals surface area contributed by atoms with Gasteiger partial charge in [-0.3, -0.25) is 19.8 Å². The van der Waals surface area contributed by atoms with Crippen molar-refractivity contribution in [3.63, 3.8) is 0 Å². The number of hydrogen-bond acceptors (Lipinski definition) is 5. The van der Waals surface area contributed by atoms with Crippen LogP contribution >= 0.6 is 11.6 Å². The van der Waals surface area contributed by atoms with Crippen LogP contribution in [0.15, 0.2) is 42.5 Å². The number of hydrogen-bond donors (Lipinski definition) is 1. The van der Waals surface area contributed by atoms with Gasteiger partial charge in [-0.15, -0.1) is 6.42 Å². The van der Waals surface area contributed by atoms with Crippen molar-refractivity contribution >= 4 is 23.2 Å². The first kappa shape index (κ1) is 19.9. The Bertz CT molecular complexity index is 1130. The number of carbonyl (C=O) groups excluding carboxylic acids is 1. The van der Waals surface area contributed by atoms with Gasteiger partial charge in [-0.05, 0) is 36.6 Å². The molecule has 7 nitrogen and oxygen atoms in total. The van der Waals surface area contributed by atoms with Crippen molar-refractivity contribution in [2.45, 2.75) is 36.4 Å². The number of anilines is 1. The quantitative estimate of drug-likeness (QED) is 0.450. The summed E-state index contributed by atoms with van der Waals surface area (Å²) in [5, 5.41) is 15.8. The first-order valence-corrected chi connectivity index (χ1v) is 10.5. The van der Waals surface area contributed by atoms with Crippen LogP contribution in [0.25, 0.3) is 0 Å². The van der Waals surface area contributed by atoms with Crippen molar-refractivity contribution < 1.29 is 14.5 Å². The number of amides is 1. The first-order valence-electron chi connectivity index (χ1n) is 10.2. The molecule has 2 fully saturated rings. The van der Waals surface area contributed by atoms with Crippen molar-refractivity contribution in [1.82, 2.24) is 4.90 Å². The average Bonchev–Trinajstić information content (AvgIpc) is 3.40. The molecule has 0 aromatic heterocycles. The second-order valence-electron chi connectivity index (χ2n) is 8.11. The van der Waals surface area contributed by atoms with E-state index in [0.29, 0.717) is 28.6 Å². The van der Waals surface area contributed by atoms with Gasteiger partial charge in [0, 0.05) is 28.8 Å². The Kier molecular flexibility index (Phi) is 4.65. The van der Waals surface area contributed by atoms with Crippen molar-refractivity contribution in [3.05, 3.63) is 68.7 Å². The summed E-state index contributed by atoms with van der Waals surface area (Å²) >= 11 is 6.42. The molecule has 2 saturated heterocycles. The van der Waals surface area contributed by atoms with E-state index in [2.05, 4.69) is 11.2 Å². The maximum atomic E-state index is 13.4. The van der Waals surface area contributed by atoms with Gasteiger partial charge in [0.25, 0.3) is 11.9 Å². The van der Waals surface area contributed by atoms with Crippen molar-refractivity contribution in [2.24, 2.45) is 0 Å². The minimum atomic E-state index is -1.34. The molecule has 31 heavy (non-hydrogen) atoms. The maximum Gasteiger partial charge on any atom is 0.256 e. The molecule has 2 aromatic rings. The number of carbonyl (C=O) groups is 1. The van der Waals surface area contributed by atoms with Crippen molar-refractivity contribution in [1.29, 1.82) is 0 Å². The molecule has 3 aliphatic heterocycles. The summed E-state index contributed by atoms with van der Waals surface area (Å²) in [4.78, 5) is 27.7. The lowest BCUT2D eigenvalue weighted by atomic mass is 9.77. The summed E-state index contributed by atoms with van der Waals surface area (Å²) in [6.45, 7) is 0.709. The Balaban J connectivity index is 1.66. The number of rotatable bonds is 4. The molecule has 3 aliphatic rings. The third-order valence-corrected chi connectivity index (χ3v) is 7.04. The lowest BCUT2D eigenvalue weighted by Crippen LogP contribution is -2.55. The molecule has 2 aromatic carbocycles. The van der Waals surface area contributed by atoms with Gasteiger partial charge in [-0.2, -0.15) is 0 Å². The number of para-hydroxylation sites is 1. The molecule has 4 atom stereocenters. The van der Waals surface area contributed by atoms with E-state index in [1.54, 1.807) is 24.3 Å². The Labute approximate surface area is 184 Å². The summed E-state index contributed by atoms with van der Waals surface area (Å²) in [7, 11) is 0. The number of fused-ring (bicyclic) bond motifs is 4. The zero-order valence-corrected chi connectivity index (χ0v) is 17.3. The summed E-state index contributed by atoms with van der Waals surface area (Å²) in [5.41, 5.74) is 0.709. The molecule has 8 heteroatoms. The number of ether oxygens (including phenoxy) is 1. The van der Waals surface area contributed by atoms with E-state index in [0.717, 1.165) is 18.4 Å². The zero-order valence-electron chi connectivity index (χ0n) is 16.6. The van der Waals surface area contributed by atoms with Crippen LogP contribution in [-0.4, -0.2) is 41.0 Å². The van der Waals surface area contributed by atoms with Gasteiger partial charge in [0.1, 0.15) is 12.4 Å². The molecule has 0 radical (unpaired) electrons. The second kappa shape index (κ2) is 7.26. The highest BCUT2D eigenvalue weighted by Crippen LogP contribution is 2.58.